The molecule has 0 unspecified atom stereocenters. The molecule has 2 rings (SSSR count). The molecule has 1 aromatic rings. The van der Waals surface area contributed by atoms with Gasteiger partial charge in [0.05, 0.1) is 18.4 Å². The van der Waals surface area contributed by atoms with Gasteiger partial charge in [0.15, 0.2) is 20.6 Å². The van der Waals surface area contributed by atoms with Crippen LogP contribution in [0, 0.1) is 0 Å². The Balaban J connectivity index is 2.60. The average Bonchev–Trinajstić information content (AvgIpc) is 2.84. The van der Waals surface area contributed by atoms with Crippen LogP contribution in [-0.2, 0) is 33.7 Å². The molecule has 0 aliphatic carbocycles. The summed E-state index contributed by atoms with van der Waals surface area (Å²) < 4.78 is 69.8. The molecule has 0 fully saturated rings. The van der Waals surface area contributed by atoms with Crippen molar-refractivity contribution in [2.24, 2.45) is 7.05 Å². The lowest BCUT2D eigenvalue weighted by Crippen LogP contribution is -2.31. The van der Waals surface area contributed by atoms with Crippen LogP contribution < -0.4 is 15.8 Å². The van der Waals surface area contributed by atoms with Crippen LogP contribution in [0.4, 0.5) is 13.2 Å². The lowest BCUT2D eigenvalue weighted by molar-refractivity contribution is -0.142. The summed E-state index contributed by atoms with van der Waals surface area (Å²) in [4.78, 5) is 20.5. The molecule has 25 heavy (non-hydrogen) atoms. The van der Waals surface area contributed by atoms with Crippen LogP contribution in [0.1, 0.15) is 25.1 Å². The molecule has 0 bridgehead atoms. The molecular formula is C13H16F3N3O5S. The van der Waals surface area contributed by atoms with E-state index in [4.69, 9.17) is 4.84 Å². The lowest BCUT2D eigenvalue weighted by Gasteiger charge is -2.15. The van der Waals surface area contributed by atoms with Crippen molar-refractivity contribution in [3.63, 3.8) is 0 Å². The van der Waals surface area contributed by atoms with Gasteiger partial charge in [0.25, 0.3) is 11.6 Å². The second-order valence-corrected chi connectivity index (χ2v) is 7.82. The van der Waals surface area contributed by atoms with Gasteiger partial charge in [0, 0.05) is 7.05 Å². The molecule has 1 aromatic heterocycles. The fourth-order valence-electron chi connectivity index (χ4n) is 2.15. The summed E-state index contributed by atoms with van der Waals surface area (Å²) in [6.07, 6.45) is -3.82. The number of alkyl halides is 3. The minimum atomic E-state index is -5.03. The van der Waals surface area contributed by atoms with Crippen molar-refractivity contribution < 1.29 is 31.2 Å². The Labute approximate surface area is 141 Å². The third-order valence-electron chi connectivity index (χ3n) is 3.36. The van der Waals surface area contributed by atoms with Crippen LogP contribution in [0.15, 0.2) is 15.9 Å². The van der Waals surface area contributed by atoms with Crippen LogP contribution >= 0.6 is 0 Å². The molecule has 0 aromatic carbocycles. The van der Waals surface area contributed by atoms with Crippen LogP contribution in [0.25, 0.3) is 0 Å². The molecule has 0 amide bonds. The normalized spacial score (nSPS) is 17.2. The zero-order chi connectivity index (χ0) is 19.2. The third kappa shape index (κ3) is 3.79. The van der Waals surface area contributed by atoms with Gasteiger partial charge in [-0.05, 0) is 19.9 Å². The maximum Gasteiger partial charge on any atom is 0.434 e. The Morgan fingerprint density at radius 1 is 1.40 bits per heavy atom. The van der Waals surface area contributed by atoms with Crippen molar-refractivity contribution >= 4 is 9.84 Å². The number of hydroxylamine groups is 1. The Morgan fingerprint density at radius 2 is 2.00 bits per heavy atom. The van der Waals surface area contributed by atoms with E-state index in [9.17, 15) is 26.4 Å². The van der Waals surface area contributed by atoms with Gasteiger partial charge in [-0.3, -0.25) is 19.7 Å². The minimum Gasteiger partial charge on any atom is -0.468 e. The van der Waals surface area contributed by atoms with Crippen LogP contribution in [0.5, 0.6) is 6.01 Å². The Bertz CT molecular complexity index is 887. The summed E-state index contributed by atoms with van der Waals surface area (Å²) in [5, 5.41) is -0.413. The molecule has 0 atom stereocenters. The van der Waals surface area contributed by atoms with Crippen LogP contribution in [-0.4, -0.2) is 30.7 Å². The standard InChI is InChI=1S/C13H16F3N3O5S/c1-12(2)5-8(18-24-12)25(21,22)6-7-9(13(14,15)16)17-11(23-4)19(3)10(7)20/h5,18H,6H2,1-4H3. The number of nitrogens with zero attached hydrogens (tertiary/aromatic N) is 2. The second-order valence-electron chi connectivity index (χ2n) is 5.86. The van der Waals surface area contributed by atoms with E-state index in [0.29, 0.717) is 4.57 Å². The number of hydrogen-bond acceptors (Lipinski definition) is 7. The SMILES string of the molecule is COc1nc(C(F)(F)F)c(CS(=O)(=O)C2=CC(C)(C)ON2)c(=O)n1C. The van der Waals surface area contributed by atoms with Crippen molar-refractivity contribution in [3.8, 4) is 6.01 Å². The fourth-order valence-corrected chi connectivity index (χ4v) is 3.58. The number of ether oxygens (including phenoxy) is 1. The number of methoxy groups -OCH3 is 1. The van der Waals surface area contributed by atoms with E-state index in [-0.39, 0.29) is 0 Å². The zero-order valence-electron chi connectivity index (χ0n) is 13.8. The highest BCUT2D eigenvalue weighted by atomic mass is 32.2. The highest BCUT2D eigenvalue weighted by Crippen LogP contribution is 2.32. The van der Waals surface area contributed by atoms with Crippen molar-refractivity contribution in [2.75, 3.05) is 7.11 Å². The molecule has 140 valence electrons. The van der Waals surface area contributed by atoms with E-state index in [2.05, 4.69) is 15.2 Å². The Hall–Kier alpha value is -2.08. The molecule has 1 aliphatic heterocycles. The van der Waals surface area contributed by atoms with E-state index in [1.807, 2.05) is 0 Å². The number of aromatic nitrogens is 2. The summed E-state index contributed by atoms with van der Waals surface area (Å²) in [6, 6.07) is -0.582. The van der Waals surface area contributed by atoms with E-state index < -0.39 is 55.2 Å². The Morgan fingerprint density at radius 3 is 2.44 bits per heavy atom. The molecule has 0 radical (unpaired) electrons. The second kappa shape index (κ2) is 6.02. The first-order valence-corrected chi connectivity index (χ1v) is 8.54. The summed E-state index contributed by atoms with van der Waals surface area (Å²) in [6.45, 7) is 3.11. The molecule has 1 aliphatic rings. The first kappa shape index (κ1) is 19.2. The van der Waals surface area contributed by atoms with E-state index in [0.717, 1.165) is 14.2 Å². The van der Waals surface area contributed by atoms with E-state index in [1.54, 1.807) is 13.8 Å². The number of hydrogen-bond donors (Lipinski definition) is 1. The van der Waals surface area contributed by atoms with Gasteiger partial charge in [-0.15, -0.1) is 0 Å². The highest BCUT2D eigenvalue weighted by Gasteiger charge is 2.41. The molecule has 2 heterocycles. The molecular weight excluding hydrogens is 367 g/mol. The molecule has 1 N–H and O–H groups in total. The summed E-state index contributed by atoms with van der Waals surface area (Å²) in [5.41, 5.74) is -2.56. The van der Waals surface area contributed by atoms with Crippen LogP contribution in [0.2, 0.25) is 0 Å². The van der Waals surface area contributed by atoms with Crippen molar-refractivity contribution in [1.82, 2.24) is 15.0 Å². The van der Waals surface area contributed by atoms with Gasteiger partial charge in [0.2, 0.25) is 0 Å². The maximum atomic E-state index is 13.2. The lowest BCUT2D eigenvalue weighted by atomic mass is 10.1. The van der Waals surface area contributed by atoms with Crippen molar-refractivity contribution in [1.29, 1.82) is 0 Å². The fraction of sp³-hybridized carbons (Fsp3) is 0.538. The van der Waals surface area contributed by atoms with Gasteiger partial charge in [-0.2, -0.15) is 18.2 Å². The van der Waals surface area contributed by atoms with E-state index in [1.165, 1.54) is 6.08 Å². The van der Waals surface area contributed by atoms with Crippen molar-refractivity contribution in [2.45, 2.75) is 31.4 Å². The molecule has 8 nitrogen and oxygen atoms in total. The number of nitrogens with one attached hydrogen (secondary N) is 1. The first-order chi connectivity index (χ1) is 11.3. The Kier molecular flexibility index (Phi) is 4.63. The molecule has 0 spiro atoms. The van der Waals surface area contributed by atoms with E-state index >= 15 is 0 Å². The summed E-state index contributed by atoms with van der Waals surface area (Å²) >= 11 is 0. The quantitative estimate of drug-likeness (QED) is 0.824. The number of sulfone groups is 1. The summed E-state index contributed by atoms with van der Waals surface area (Å²) in [7, 11) is -2.12. The number of rotatable bonds is 4. The molecule has 0 saturated carbocycles. The van der Waals surface area contributed by atoms with Gasteiger partial charge >= 0.3 is 6.18 Å². The number of halogens is 3. The topological polar surface area (TPSA) is 99.5 Å². The molecule has 0 saturated heterocycles. The predicted molar refractivity (Wildman–Crippen MR) is 80.0 cm³/mol. The predicted octanol–water partition coefficient (Wildman–Crippen LogP) is 0.877. The first-order valence-electron chi connectivity index (χ1n) is 6.89. The van der Waals surface area contributed by atoms with Gasteiger partial charge in [0.1, 0.15) is 5.60 Å². The van der Waals surface area contributed by atoms with Gasteiger partial charge in [-0.25, -0.2) is 8.42 Å². The smallest absolute Gasteiger partial charge is 0.434 e. The van der Waals surface area contributed by atoms with Crippen LogP contribution in [0.3, 0.4) is 0 Å². The average molecular weight is 383 g/mol. The zero-order valence-corrected chi connectivity index (χ0v) is 14.6. The molecule has 12 heteroatoms. The van der Waals surface area contributed by atoms with Gasteiger partial charge < -0.3 is 4.74 Å². The maximum absolute atomic E-state index is 13.2. The minimum absolute atomic E-state index is 0.413. The monoisotopic (exact) mass is 383 g/mol. The van der Waals surface area contributed by atoms with Crippen molar-refractivity contribution in [3.05, 3.63) is 32.7 Å². The van der Waals surface area contributed by atoms with Gasteiger partial charge in [-0.1, -0.05) is 0 Å². The summed E-state index contributed by atoms with van der Waals surface area (Å²) in [5.74, 6) is -1.19. The third-order valence-corrected chi connectivity index (χ3v) is 4.90. The largest absolute Gasteiger partial charge is 0.468 e. The highest BCUT2D eigenvalue weighted by molar-refractivity contribution is 7.94.